The Bertz CT molecular complexity index is 1510. The van der Waals surface area contributed by atoms with Gasteiger partial charge in [0.25, 0.3) is 0 Å². The zero-order valence-electron chi connectivity index (χ0n) is 32.2. The van der Waals surface area contributed by atoms with Crippen molar-refractivity contribution in [3.8, 4) is 0 Å². The first kappa shape index (κ1) is 43.0. The van der Waals surface area contributed by atoms with Crippen molar-refractivity contribution >= 4 is 41.3 Å². The summed E-state index contributed by atoms with van der Waals surface area (Å²) in [5, 5.41) is 34.0. The van der Waals surface area contributed by atoms with Gasteiger partial charge in [0.2, 0.25) is 29.5 Å². The Balaban J connectivity index is 2.16. The summed E-state index contributed by atoms with van der Waals surface area (Å²) in [6.07, 6.45) is -1.66. The predicted molar refractivity (Wildman–Crippen MR) is 196 cm³/mol. The first-order valence-electron chi connectivity index (χ1n) is 18.4. The summed E-state index contributed by atoms with van der Waals surface area (Å²) in [5.74, 6) is -6.94. The number of benzene rings is 1. The van der Waals surface area contributed by atoms with Gasteiger partial charge in [0.15, 0.2) is 5.78 Å². The molecule has 53 heavy (non-hydrogen) atoms. The van der Waals surface area contributed by atoms with E-state index >= 15 is 0 Å². The Kier molecular flexibility index (Phi) is 15.1. The van der Waals surface area contributed by atoms with E-state index in [1.807, 2.05) is 45.0 Å². The highest BCUT2D eigenvalue weighted by Crippen LogP contribution is 2.24. The lowest BCUT2D eigenvalue weighted by Gasteiger charge is -2.38. The Labute approximate surface area is 311 Å². The van der Waals surface area contributed by atoms with Crippen LogP contribution in [0.1, 0.15) is 91.7 Å². The number of nitrogens with zero attached hydrogens (tertiary/aromatic N) is 1. The maximum absolute atomic E-state index is 14.2. The minimum absolute atomic E-state index is 0.0817. The third-order valence-corrected chi connectivity index (χ3v) is 9.47. The summed E-state index contributed by atoms with van der Waals surface area (Å²) in [6, 6.07) is 0.673. The van der Waals surface area contributed by atoms with Crippen molar-refractivity contribution in [2.75, 3.05) is 6.54 Å². The van der Waals surface area contributed by atoms with Crippen LogP contribution in [0.5, 0.6) is 0 Å². The molecule has 0 radical (unpaired) electrons. The number of fused-ring (bicyclic) bond motifs is 1. The number of aryl methyl sites for hydroxylation is 1. The lowest BCUT2D eigenvalue weighted by atomic mass is 9.90. The highest BCUT2D eigenvalue weighted by Gasteiger charge is 2.44. The van der Waals surface area contributed by atoms with Gasteiger partial charge >= 0.3 is 5.97 Å². The molecule has 294 valence electrons. The van der Waals surface area contributed by atoms with Crippen LogP contribution in [0.4, 0.5) is 0 Å². The number of Topliss-reactive ketones (excluding diaryl/α,β-unsaturated/α-hetero) is 1. The molecule has 2 heterocycles. The van der Waals surface area contributed by atoms with Crippen molar-refractivity contribution in [2.24, 2.45) is 11.8 Å². The molecule has 0 spiro atoms. The quantitative estimate of drug-likeness (QED) is 0.198. The molecular weight excluding hydrogens is 684 g/mol. The van der Waals surface area contributed by atoms with Gasteiger partial charge in [-0.25, -0.2) is 0 Å². The number of hydrogen-bond acceptors (Lipinski definition) is 9. The number of ketones is 1. The average Bonchev–Trinajstić information content (AvgIpc) is 3.50. The first-order valence-corrected chi connectivity index (χ1v) is 18.4. The van der Waals surface area contributed by atoms with Crippen LogP contribution in [0.3, 0.4) is 0 Å². The fraction of sp³-hybridized carbons (Fsp3) is 0.658. The molecule has 3 rings (SSSR count). The molecule has 2 fully saturated rings. The SMILES string of the molecule is Cc1ccc(C[C@@H]2NC(=O)[C@@H]3CCCN3[C@H](C(=O)NC(C)(C)C)[C@H](C)NC(=O)[C@H]([C@@H](C)O)NC(=O)[C@H](CC(=O)O)CC(=O)[C@H](CC(C)C)NC2=O)cc1. The van der Waals surface area contributed by atoms with Crippen LogP contribution >= 0.6 is 0 Å². The highest BCUT2D eigenvalue weighted by molar-refractivity contribution is 5.97. The maximum Gasteiger partial charge on any atom is 0.304 e. The van der Waals surface area contributed by atoms with Crippen molar-refractivity contribution in [3.05, 3.63) is 35.4 Å². The van der Waals surface area contributed by atoms with Gasteiger partial charge < -0.3 is 36.8 Å². The Morgan fingerprint density at radius 1 is 0.906 bits per heavy atom. The zero-order valence-corrected chi connectivity index (χ0v) is 32.2. The number of aliphatic hydroxyl groups is 1. The van der Waals surface area contributed by atoms with Crippen LogP contribution in [0.2, 0.25) is 0 Å². The Morgan fingerprint density at radius 3 is 2.09 bits per heavy atom. The van der Waals surface area contributed by atoms with E-state index in [1.165, 1.54) is 6.92 Å². The number of aliphatic hydroxyl groups excluding tert-OH is 1. The van der Waals surface area contributed by atoms with Gasteiger partial charge in [-0.3, -0.25) is 38.5 Å². The second-order valence-electron chi connectivity index (χ2n) is 16.0. The second kappa shape index (κ2) is 18.6. The molecule has 2 saturated heterocycles. The summed E-state index contributed by atoms with van der Waals surface area (Å²) in [5.41, 5.74) is 1.07. The molecule has 0 saturated carbocycles. The van der Waals surface area contributed by atoms with Crippen molar-refractivity contribution in [1.82, 2.24) is 31.5 Å². The van der Waals surface area contributed by atoms with E-state index in [1.54, 1.807) is 32.6 Å². The monoisotopic (exact) mass is 742 g/mol. The fourth-order valence-electron chi connectivity index (χ4n) is 6.89. The summed E-state index contributed by atoms with van der Waals surface area (Å²) < 4.78 is 0. The standard InChI is InChI=1S/C38H58N6O9/c1-20(2)16-26-29(46)18-25(19-30(47)48)33(49)42-31(23(5)45)36(52)39-22(4)32(37(53)43-38(6,7)8)44-15-9-10-28(44)35(51)41-27(34(50)40-26)17-24-13-11-21(3)12-14-24/h11-14,20,22-23,25-28,31-32,45H,9-10,15-19H2,1-8H3,(H,39,52)(H,40,50)(H,41,51)(H,42,49)(H,43,53)(H,47,48)/t22-,23+,25-,26-,27-,28-,31-,32-/m0/s1. The number of carbonyl (C=O) groups is 7. The average molecular weight is 743 g/mol. The molecule has 0 unspecified atom stereocenters. The van der Waals surface area contributed by atoms with E-state index in [4.69, 9.17) is 0 Å². The number of aliphatic carboxylic acids is 1. The van der Waals surface area contributed by atoms with Gasteiger partial charge in [-0.2, -0.15) is 0 Å². The van der Waals surface area contributed by atoms with E-state index in [0.717, 1.165) is 11.1 Å². The molecule has 2 aliphatic rings. The maximum atomic E-state index is 14.2. The lowest BCUT2D eigenvalue weighted by Crippen LogP contribution is -2.65. The van der Waals surface area contributed by atoms with Crippen molar-refractivity contribution in [3.63, 3.8) is 0 Å². The normalized spacial score (nSPS) is 27.7. The number of nitrogens with one attached hydrogen (secondary N) is 5. The van der Waals surface area contributed by atoms with Gasteiger partial charge in [0, 0.05) is 18.4 Å². The zero-order chi connectivity index (χ0) is 39.8. The third kappa shape index (κ3) is 12.6. The van der Waals surface area contributed by atoms with Crippen molar-refractivity contribution in [2.45, 2.75) is 142 Å². The Hall–Kier alpha value is -4.37. The van der Waals surface area contributed by atoms with Crippen molar-refractivity contribution < 1.29 is 43.8 Å². The molecule has 0 aliphatic carbocycles. The lowest BCUT2D eigenvalue weighted by molar-refractivity contribution is -0.143. The van der Waals surface area contributed by atoms with Gasteiger partial charge in [0.05, 0.1) is 36.6 Å². The molecule has 1 aromatic rings. The third-order valence-electron chi connectivity index (χ3n) is 9.47. The summed E-state index contributed by atoms with van der Waals surface area (Å²) >= 11 is 0. The van der Waals surface area contributed by atoms with Crippen LogP contribution in [0.25, 0.3) is 0 Å². The molecular formula is C38H58N6O9. The number of hydrogen-bond donors (Lipinski definition) is 7. The van der Waals surface area contributed by atoms with Gasteiger partial charge in [-0.05, 0) is 78.8 Å². The number of carboxylic acids is 1. The molecule has 2 aliphatic heterocycles. The summed E-state index contributed by atoms with van der Waals surface area (Å²) in [4.78, 5) is 96.9. The molecule has 0 aromatic heterocycles. The topological polar surface area (TPSA) is 223 Å². The van der Waals surface area contributed by atoms with Crippen molar-refractivity contribution in [1.29, 1.82) is 0 Å². The molecule has 15 heteroatoms. The van der Waals surface area contributed by atoms with Crippen LogP contribution in [-0.4, -0.2) is 111 Å². The number of carboxylic acid groups (broad SMARTS) is 1. The molecule has 0 bridgehead atoms. The number of carbonyl (C=O) groups excluding carboxylic acids is 6. The van der Waals surface area contributed by atoms with Crippen LogP contribution < -0.4 is 26.6 Å². The molecule has 15 nitrogen and oxygen atoms in total. The molecule has 1 aromatic carbocycles. The molecule has 5 amide bonds. The van der Waals surface area contributed by atoms with E-state index in [-0.39, 0.29) is 18.8 Å². The summed E-state index contributed by atoms with van der Waals surface area (Å²) in [6.45, 7) is 14.1. The minimum Gasteiger partial charge on any atom is -0.481 e. The van der Waals surface area contributed by atoms with Crippen LogP contribution in [-0.2, 0) is 40.0 Å². The van der Waals surface area contributed by atoms with E-state index in [0.29, 0.717) is 19.4 Å². The number of rotatable bonds is 8. The first-order chi connectivity index (χ1) is 24.7. The molecule has 7 N–H and O–H groups in total. The van der Waals surface area contributed by atoms with Gasteiger partial charge in [-0.1, -0.05) is 43.7 Å². The highest BCUT2D eigenvalue weighted by atomic mass is 16.4. The van der Waals surface area contributed by atoms with Crippen LogP contribution in [0, 0.1) is 18.8 Å². The van der Waals surface area contributed by atoms with Crippen LogP contribution in [0.15, 0.2) is 24.3 Å². The van der Waals surface area contributed by atoms with Gasteiger partial charge in [0.1, 0.15) is 18.1 Å². The smallest absolute Gasteiger partial charge is 0.304 e. The minimum atomic E-state index is -1.58. The fourth-order valence-corrected chi connectivity index (χ4v) is 6.89. The number of amides is 5. The largest absolute Gasteiger partial charge is 0.481 e. The second-order valence-corrected chi connectivity index (χ2v) is 16.0. The molecule has 8 atom stereocenters. The van der Waals surface area contributed by atoms with E-state index < -0.39 is 108 Å². The van der Waals surface area contributed by atoms with E-state index in [9.17, 15) is 43.8 Å². The van der Waals surface area contributed by atoms with E-state index in [2.05, 4.69) is 26.6 Å². The summed E-state index contributed by atoms with van der Waals surface area (Å²) in [7, 11) is 0. The Morgan fingerprint density at radius 2 is 1.53 bits per heavy atom. The predicted octanol–water partition coefficient (Wildman–Crippen LogP) is 0.735. The van der Waals surface area contributed by atoms with Gasteiger partial charge in [-0.15, -0.1) is 0 Å².